The lowest BCUT2D eigenvalue weighted by atomic mass is 10.5. The van der Waals surface area contributed by atoms with E-state index >= 15 is 0 Å². The lowest BCUT2D eigenvalue weighted by molar-refractivity contribution is -0.651. The van der Waals surface area contributed by atoms with Crippen LogP contribution in [0.15, 0.2) is 0 Å². The van der Waals surface area contributed by atoms with Gasteiger partial charge in [-0.15, -0.1) is 0 Å². The minimum Gasteiger partial charge on any atom is -1.00 e. The fourth-order valence-corrected chi connectivity index (χ4v) is 2.97. The first-order valence-electron chi connectivity index (χ1n) is 4.71. The molecule has 0 aromatic carbocycles. The quantitative estimate of drug-likeness (QED) is 0.346. The fourth-order valence-electron chi connectivity index (χ4n) is 1.22. The van der Waals surface area contributed by atoms with Crippen molar-refractivity contribution in [2.24, 2.45) is 0 Å². The highest BCUT2D eigenvalue weighted by Gasteiger charge is 2.36. The van der Waals surface area contributed by atoms with E-state index in [0.29, 0.717) is 0 Å². The van der Waals surface area contributed by atoms with E-state index in [1.807, 2.05) is 0 Å². The summed E-state index contributed by atoms with van der Waals surface area (Å²) in [6.07, 6.45) is 1.08. The van der Waals surface area contributed by atoms with Gasteiger partial charge in [0, 0.05) is 33.8 Å². The third-order valence-electron chi connectivity index (χ3n) is 2.11. The number of nitrogens with two attached hydrogens (primary N) is 1. The lowest BCUT2D eigenvalue weighted by Crippen LogP contribution is -3.00. The summed E-state index contributed by atoms with van der Waals surface area (Å²) < 4.78 is 15.9. The highest BCUT2D eigenvalue weighted by atomic mass is 35.5. The van der Waals surface area contributed by atoms with E-state index in [1.165, 1.54) is 0 Å². The van der Waals surface area contributed by atoms with Gasteiger partial charge in [0.25, 0.3) is 0 Å². The van der Waals surface area contributed by atoms with Gasteiger partial charge in [-0.3, -0.25) is 0 Å². The SMILES string of the molecule is CC[NH2+]CCC[Si](OC)(OC)OC.[Cl-].[Cl-].[NH4+]. The maximum absolute atomic E-state index is 5.30. The molecule has 0 aliphatic rings. The monoisotopic (exact) mass is 296 g/mol. The summed E-state index contributed by atoms with van der Waals surface area (Å²) in [7, 11) is 2.68. The Bertz CT molecular complexity index is 124. The number of rotatable bonds is 8. The molecule has 0 saturated heterocycles. The van der Waals surface area contributed by atoms with Crippen molar-refractivity contribution in [1.82, 2.24) is 6.15 Å². The van der Waals surface area contributed by atoms with E-state index < -0.39 is 8.80 Å². The van der Waals surface area contributed by atoms with Crippen molar-refractivity contribution in [3.05, 3.63) is 0 Å². The molecule has 0 spiro atoms. The van der Waals surface area contributed by atoms with Crippen molar-refractivity contribution >= 4 is 8.80 Å². The second kappa shape index (κ2) is 15.6. The van der Waals surface area contributed by atoms with Crippen molar-refractivity contribution < 1.29 is 43.4 Å². The van der Waals surface area contributed by atoms with Gasteiger partial charge in [0.05, 0.1) is 13.1 Å². The van der Waals surface area contributed by atoms with E-state index in [4.69, 9.17) is 13.3 Å². The zero-order chi connectivity index (χ0) is 10.2. The second-order valence-corrected chi connectivity index (χ2v) is 5.98. The third kappa shape index (κ3) is 9.80. The maximum atomic E-state index is 5.30. The molecular formula is C8H26Cl2N2O3Si. The topological polar surface area (TPSA) is 80.8 Å². The second-order valence-electron chi connectivity index (χ2n) is 2.88. The van der Waals surface area contributed by atoms with Crippen molar-refractivity contribution in [3.8, 4) is 0 Å². The summed E-state index contributed by atoms with van der Waals surface area (Å²) in [4.78, 5) is 0. The van der Waals surface area contributed by atoms with Crippen molar-refractivity contribution in [3.63, 3.8) is 0 Å². The molecule has 0 saturated carbocycles. The predicted molar refractivity (Wildman–Crippen MR) is 59.5 cm³/mol. The van der Waals surface area contributed by atoms with Crippen molar-refractivity contribution in [2.45, 2.75) is 19.4 Å². The predicted octanol–water partition coefficient (Wildman–Crippen LogP) is -5.78. The average Bonchev–Trinajstić information content (AvgIpc) is 2.20. The van der Waals surface area contributed by atoms with E-state index in [0.717, 1.165) is 25.6 Å². The Morgan fingerprint density at radius 1 is 1.00 bits per heavy atom. The first kappa shape index (κ1) is 25.4. The van der Waals surface area contributed by atoms with Crippen molar-refractivity contribution in [2.75, 3.05) is 34.4 Å². The lowest BCUT2D eigenvalue weighted by Gasteiger charge is -2.23. The Kier molecular flexibility index (Phi) is 24.8. The third-order valence-corrected chi connectivity index (χ3v) is 4.94. The molecular weight excluding hydrogens is 271 g/mol. The Hall–Kier alpha value is 0.597. The standard InChI is InChI=1S/C8H21NO3Si.2ClH.H3N/c1-5-9-7-6-8-13(10-2,11-3)12-4;;;/h9H,5-8H2,1-4H3;2*1H;1H3. The summed E-state index contributed by atoms with van der Waals surface area (Å²) in [5, 5.41) is 2.26. The van der Waals surface area contributed by atoms with Crippen LogP contribution in [0.1, 0.15) is 13.3 Å². The fraction of sp³-hybridized carbons (Fsp3) is 1.00. The molecule has 5 nitrogen and oxygen atoms in total. The molecule has 104 valence electrons. The van der Waals surface area contributed by atoms with Crippen LogP contribution in [0.4, 0.5) is 0 Å². The normalized spacial score (nSPS) is 9.75. The molecule has 6 N–H and O–H groups in total. The molecule has 0 aromatic rings. The number of hydrogen-bond acceptors (Lipinski definition) is 3. The Labute approximate surface area is 112 Å². The van der Waals surface area contributed by atoms with Gasteiger partial charge in [-0.05, 0) is 6.92 Å². The highest BCUT2D eigenvalue weighted by molar-refractivity contribution is 6.60. The van der Waals surface area contributed by atoms with Crippen LogP contribution in [0.25, 0.3) is 0 Å². The van der Waals surface area contributed by atoms with Gasteiger partial charge in [0.15, 0.2) is 0 Å². The minimum absolute atomic E-state index is 0. The average molecular weight is 297 g/mol. The van der Waals surface area contributed by atoms with Crippen molar-refractivity contribution in [1.29, 1.82) is 0 Å². The van der Waals surface area contributed by atoms with Gasteiger partial charge in [-0.2, -0.15) is 0 Å². The Morgan fingerprint density at radius 2 is 1.44 bits per heavy atom. The summed E-state index contributed by atoms with van der Waals surface area (Å²) in [6.45, 7) is 4.39. The first-order chi connectivity index (χ1) is 6.24. The number of halogens is 2. The molecule has 8 heteroatoms. The molecule has 0 atom stereocenters. The van der Waals surface area contributed by atoms with Gasteiger partial charge in [0.2, 0.25) is 0 Å². The zero-order valence-electron chi connectivity index (χ0n) is 10.9. The molecule has 0 aliphatic heterocycles. The maximum Gasteiger partial charge on any atom is 0.500 e. The highest BCUT2D eigenvalue weighted by Crippen LogP contribution is 2.13. The molecule has 0 aromatic heterocycles. The molecule has 0 rings (SSSR count). The van der Waals surface area contributed by atoms with Gasteiger partial charge < -0.3 is 49.6 Å². The van der Waals surface area contributed by atoms with Gasteiger partial charge >= 0.3 is 8.80 Å². The molecule has 0 unspecified atom stereocenters. The van der Waals surface area contributed by atoms with Gasteiger partial charge in [0.1, 0.15) is 0 Å². The molecule has 0 bridgehead atoms. The summed E-state index contributed by atoms with van der Waals surface area (Å²) in [5.41, 5.74) is 0. The molecule has 0 amide bonds. The van der Waals surface area contributed by atoms with Crippen LogP contribution in [0.3, 0.4) is 0 Å². The first-order valence-corrected chi connectivity index (χ1v) is 6.65. The summed E-state index contributed by atoms with van der Waals surface area (Å²) >= 11 is 0. The molecule has 0 aliphatic carbocycles. The van der Waals surface area contributed by atoms with Crippen LogP contribution < -0.4 is 36.3 Å². The minimum atomic E-state index is -2.29. The summed E-state index contributed by atoms with van der Waals surface area (Å²) in [6, 6.07) is 0.896. The largest absolute Gasteiger partial charge is 1.00 e. The van der Waals surface area contributed by atoms with E-state index in [1.54, 1.807) is 21.3 Å². The Morgan fingerprint density at radius 3 is 1.75 bits per heavy atom. The van der Waals surface area contributed by atoms with Crippen LogP contribution in [-0.4, -0.2) is 43.2 Å². The van der Waals surface area contributed by atoms with E-state index in [2.05, 4.69) is 12.2 Å². The van der Waals surface area contributed by atoms with E-state index in [9.17, 15) is 0 Å². The van der Waals surface area contributed by atoms with E-state index in [-0.39, 0.29) is 31.0 Å². The zero-order valence-corrected chi connectivity index (χ0v) is 13.4. The molecule has 16 heavy (non-hydrogen) atoms. The Balaban J connectivity index is -0.000000240. The summed E-state index contributed by atoms with van der Waals surface area (Å²) in [5.74, 6) is 0. The molecule has 0 radical (unpaired) electrons. The number of hydrogen-bond donors (Lipinski definition) is 2. The van der Waals surface area contributed by atoms with Crippen LogP contribution in [0.2, 0.25) is 6.04 Å². The molecule has 0 heterocycles. The smallest absolute Gasteiger partial charge is 0.500 e. The number of quaternary nitrogens is 2. The van der Waals surface area contributed by atoms with Crippen LogP contribution >= 0.6 is 0 Å². The van der Waals surface area contributed by atoms with Gasteiger partial charge in [-0.1, -0.05) is 0 Å². The van der Waals surface area contributed by atoms with Crippen LogP contribution in [0, 0.1) is 0 Å². The van der Waals surface area contributed by atoms with Crippen LogP contribution in [-0.2, 0) is 13.3 Å². The van der Waals surface area contributed by atoms with Crippen LogP contribution in [0.5, 0.6) is 0 Å². The molecule has 0 fully saturated rings. The van der Waals surface area contributed by atoms with Gasteiger partial charge in [-0.25, -0.2) is 0 Å².